The Morgan fingerprint density at radius 2 is 1.89 bits per heavy atom. The number of fused-ring (bicyclic) bond motifs is 1. The Bertz CT molecular complexity index is 1200. The lowest BCUT2D eigenvalue weighted by atomic mass is 10.2. The van der Waals surface area contributed by atoms with Crippen LogP contribution in [0.3, 0.4) is 0 Å². The van der Waals surface area contributed by atoms with Crippen molar-refractivity contribution in [2.75, 3.05) is 0 Å². The smallest absolute Gasteiger partial charge is 0.271 e. The van der Waals surface area contributed by atoms with Gasteiger partial charge >= 0.3 is 0 Å². The minimum atomic E-state index is -0.437. The molecule has 6 nitrogen and oxygen atoms in total. The number of hydrogen-bond acceptors (Lipinski definition) is 4. The fraction of sp³-hybridized carbons (Fsp3) is 0. The van der Waals surface area contributed by atoms with Crippen molar-refractivity contribution in [2.24, 2.45) is 5.10 Å². The monoisotopic (exact) mass is 374 g/mol. The Hall–Kier alpha value is -4.00. The molecule has 0 saturated heterocycles. The fourth-order valence-electron chi connectivity index (χ4n) is 2.76. The lowest BCUT2D eigenvalue weighted by molar-refractivity contribution is 0.0955. The van der Waals surface area contributed by atoms with Crippen LogP contribution in [0, 0.1) is 5.82 Å². The maximum atomic E-state index is 13.5. The third-order valence-corrected chi connectivity index (χ3v) is 4.18. The molecule has 0 spiro atoms. The van der Waals surface area contributed by atoms with Crippen LogP contribution in [0.1, 0.15) is 15.9 Å². The van der Waals surface area contributed by atoms with Gasteiger partial charge < -0.3 is 10.1 Å². The number of H-pyrrole nitrogens is 1. The highest BCUT2D eigenvalue weighted by Crippen LogP contribution is 2.28. The summed E-state index contributed by atoms with van der Waals surface area (Å²) >= 11 is 0. The van der Waals surface area contributed by atoms with Crippen LogP contribution in [0.4, 0.5) is 4.39 Å². The van der Waals surface area contributed by atoms with Crippen LogP contribution in [-0.4, -0.2) is 27.2 Å². The first-order valence-corrected chi connectivity index (χ1v) is 8.48. The standard InChI is InChI=1S/C21H15FN4O2/c22-16-7-3-1-5-14(16)12-23-26-21(28)13-9-10-17-18(11-13)25-20(24-17)15-6-2-4-8-19(15)27/h1-12,27H,(H,24,25)(H,26,28)/b23-12+. The predicted molar refractivity (Wildman–Crippen MR) is 105 cm³/mol. The van der Waals surface area contributed by atoms with Crippen LogP contribution in [-0.2, 0) is 0 Å². The van der Waals surface area contributed by atoms with E-state index in [0.29, 0.717) is 28.0 Å². The minimum Gasteiger partial charge on any atom is -0.507 e. The van der Waals surface area contributed by atoms with Gasteiger partial charge in [0.05, 0.1) is 22.8 Å². The Morgan fingerprint density at radius 3 is 2.71 bits per heavy atom. The van der Waals surface area contributed by atoms with Crippen molar-refractivity contribution in [3.63, 3.8) is 0 Å². The number of hydrazone groups is 1. The van der Waals surface area contributed by atoms with Crippen LogP contribution in [0.5, 0.6) is 5.75 Å². The molecule has 138 valence electrons. The summed E-state index contributed by atoms with van der Waals surface area (Å²) < 4.78 is 13.5. The van der Waals surface area contributed by atoms with Gasteiger partial charge in [0.1, 0.15) is 17.4 Å². The second kappa shape index (κ2) is 7.32. The predicted octanol–water partition coefficient (Wildman–Crippen LogP) is 3.84. The molecule has 3 aromatic carbocycles. The van der Waals surface area contributed by atoms with Gasteiger partial charge in [0, 0.05) is 11.1 Å². The van der Waals surface area contributed by atoms with E-state index in [2.05, 4.69) is 20.5 Å². The summed E-state index contributed by atoms with van der Waals surface area (Å²) in [5.74, 6) is -0.241. The number of rotatable bonds is 4. The SMILES string of the molecule is O=C(N/N=C/c1ccccc1F)c1ccc2nc(-c3ccccc3O)[nH]c2c1. The number of hydrogen-bond donors (Lipinski definition) is 3. The number of phenolic OH excluding ortho intramolecular Hbond substituents is 1. The molecule has 0 fully saturated rings. The molecule has 0 aliphatic carbocycles. The van der Waals surface area contributed by atoms with E-state index >= 15 is 0 Å². The number of para-hydroxylation sites is 1. The molecule has 1 amide bonds. The third kappa shape index (κ3) is 3.45. The second-order valence-electron chi connectivity index (χ2n) is 6.06. The Labute approximate surface area is 159 Å². The number of amides is 1. The molecule has 4 rings (SSSR count). The first-order valence-electron chi connectivity index (χ1n) is 8.48. The third-order valence-electron chi connectivity index (χ3n) is 4.18. The fourth-order valence-corrected chi connectivity index (χ4v) is 2.76. The number of nitrogens with one attached hydrogen (secondary N) is 2. The van der Waals surface area contributed by atoms with Gasteiger partial charge in [-0.3, -0.25) is 4.79 Å². The van der Waals surface area contributed by atoms with Crippen LogP contribution in [0.25, 0.3) is 22.4 Å². The van der Waals surface area contributed by atoms with Gasteiger partial charge in [-0.25, -0.2) is 14.8 Å². The molecule has 0 bridgehead atoms. The quantitative estimate of drug-likeness (QED) is 0.374. The number of phenols is 1. The van der Waals surface area contributed by atoms with Crippen molar-refractivity contribution >= 4 is 23.2 Å². The highest BCUT2D eigenvalue weighted by atomic mass is 19.1. The molecule has 0 aliphatic rings. The topological polar surface area (TPSA) is 90.4 Å². The van der Waals surface area contributed by atoms with E-state index in [1.165, 1.54) is 12.3 Å². The Morgan fingerprint density at radius 1 is 1.11 bits per heavy atom. The van der Waals surface area contributed by atoms with Crippen molar-refractivity contribution in [1.29, 1.82) is 0 Å². The number of halogens is 1. The van der Waals surface area contributed by atoms with Gasteiger partial charge in [0.25, 0.3) is 5.91 Å². The number of aromatic amines is 1. The van der Waals surface area contributed by atoms with E-state index in [4.69, 9.17) is 0 Å². The van der Waals surface area contributed by atoms with Crippen molar-refractivity contribution in [3.8, 4) is 17.1 Å². The number of carbonyl (C=O) groups excluding carboxylic acids is 1. The average Bonchev–Trinajstić information content (AvgIpc) is 3.12. The van der Waals surface area contributed by atoms with Crippen LogP contribution >= 0.6 is 0 Å². The van der Waals surface area contributed by atoms with Crippen molar-refractivity contribution < 1.29 is 14.3 Å². The van der Waals surface area contributed by atoms with Crippen molar-refractivity contribution in [3.05, 3.63) is 83.7 Å². The zero-order valence-corrected chi connectivity index (χ0v) is 14.6. The lowest BCUT2D eigenvalue weighted by Crippen LogP contribution is -2.17. The van der Waals surface area contributed by atoms with Gasteiger partial charge in [-0.05, 0) is 36.4 Å². The lowest BCUT2D eigenvalue weighted by Gasteiger charge is -2.00. The highest BCUT2D eigenvalue weighted by Gasteiger charge is 2.11. The molecule has 0 saturated carbocycles. The van der Waals surface area contributed by atoms with E-state index in [1.54, 1.807) is 60.7 Å². The Balaban J connectivity index is 1.55. The first kappa shape index (κ1) is 17.4. The number of benzene rings is 3. The van der Waals surface area contributed by atoms with Gasteiger partial charge in [0.2, 0.25) is 0 Å². The molecule has 0 aliphatic heterocycles. The highest BCUT2D eigenvalue weighted by molar-refractivity contribution is 5.98. The van der Waals surface area contributed by atoms with Crippen LogP contribution < -0.4 is 5.43 Å². The molecule has 3 N–H and O–H groups in total. The molecule has 1 heterocycles. The van der Waals surface area contributed by atoms with E-state index in [1.807, 2.05) is 0 Å². The molecule has 28 heavy (non-hydrogen) atoms. The summed E-state index contributed by atoms with van der Waals surface area (Å²) in [6, 6.07) is 17.9. The first-order chi connectivity index (χ1) is 13.6. The largest absolute Gasteiger partial charge is 0.507 e. The number of carbonyl (C=O) groups is 1. The second-order valence-corrected chi connectivity index (χ2v) is 6.06. The van der Waals surface area contributed by atoms with Gasteiger partial charge in [0.15, 0.2) is 0 Å². The van der Waals surface area contributed by atoms with Crippen LogP contribution in [0.15, 0.2) is 71.8 Å². The molecular formula is C21H15FN4O2. The van der Waals surface area contributed by atoms with Crippen molar-refractivity contribution in [2.45, 2.75) is 0 Å². The van der Waals surface area contributed by atoms with E-state index in [0.717, 1.165) is 0 Å². The summed E-state index contributed by atoms with van der Waals surface area (Å²) in [7, 11) is 0. The molecular weight excluding hydrogens is 359 g/mol. The molecule has 0 radical (unpaired) electrons. The van der Waals surface area contributed by atoms with E-state index in [-0.39, 0.29) is 11.3 Å². The van der Waals surface area contributed by atoms with Gasteiger partial charge in [-0.2, -0.15) is 5.10 Å². The number of imidazole rings is 1. The number of aromatic nitrogens is 2. The van der Waals surface area contributed by atoms with Gasteiger partial charge in [-0.1, -0.05) is 30.3 Å². The maximum Gasteiger partial charge on any atom is 0.271 e. The van der Waals surface area contributed by atoms with E-state index in [9.17, 15) is 14.3 Å². The normalized spacial score (nSPS) is 11.2. The minimum absolute atomic E-state index is 0.113. The molecule has 0 unspecified atom stereocenters. The van der Waals surface area contributed by atoms with Crippen molar-refractivity contribution in [1.82, 2.24) is 15.4 Å². The summed E-state index contributed by atoms with van der Waals surface area (Å²) in [4.78, 5) is 19.8. The van der Waals surface area contributed by atoms with Gasteiger partial charge in [-0.15, -0.1) is 0 Å². The van der Waals surface area contributed by atoms with E-state index < -0.39 is 11.7 Å². The molecule has 7 heteroatoms. The zero-order chi connectivity index (χ0) is 19.5. The Kier molecular flexibility index (Phi) is 4.55. The summed E-state index contributed by atoms with van der Waals surface area (Å²) in [6.07, 6.45) is 1.25. The summed E-state index contributed by atoms with van der Waals surface area (Å²) in [5.41, 5.74) is 4.89. The molecule has 0 atom stereocenters. The number of nitrogens with zero attached hydrogens (tertiary/aromatic N) is 2. The zero-order valence-electron chi connectivity index (χ0n) is 14.6. The number of aromatic hydroxyl groups is 1. The van der Waals surface area contributed by atoms with Crippen LogP contribution in [0.2, 0.25) is 0 Å². The summed E-state index contributed by atoms with van der Waals surface area (Å²) in [5, 5.41) is 13.8. The maximum absolute atomic E-state index is 13.5. The summed E-state index contributed by atoms with van der Waals surface area (Å²) in [6.45, 7) is 0. The molecule has 1 aromatic heterocycles. The molecule has 4 aromatic rings. The average molecular weight is 374 g/mol.